The van der Waals surface area contributed by atoms with Gasteiger partial charge in [-0.05, 0) is 12.3 Å². The molecule has 2 amide bonds. The number of amides is 2. The Hall–Kier alpha value is -0.770. The summed E-state index contributed by atoms with van der Waals surface area (Å²) in [7, 11) is 0. The summed E-state index contributed by atoms with van der Waals surface area (Å²) in [5.41, 5.74) is 0. The van der Waals surface area contributed by atoms with Crippen molar-refractivity contribution in [3.8, 4) is 0 Å². The number of carbonyl (C=O) groups excluding carboxylic acids is 1. The largest absolute Gasteiger partial charge is 0.396 e. The summed E-state index contributed by atoms with van der Waals surface area (Å²) in [4.78, 5) is 13.3. The first-order valence-electron chi connectivity index (χ1n) is 5.27. The maximum absolute atomic E-state index is 11.5. The van der Waals surface area contributed by atoms with E-state index in [4.69, 9.17) is 5.11 Å². The molecule has 0 saturated carbocycles. The molecule has 0 spiro atoms. The summed E-state index contributed by atoms with van der Waals surface area (Å²) in [6.45, 7) is 6.52. The van der Waals surface area contributed by atoms with E-state index in [9.17, 15) is 4.79 Å². The van der Waals surface area contributed by atoms with Crippen LogP contribution < -0.4 is 5.32 Å². The van der Waals surface area contributed by atoms with Gasteiger partial charge >= 0.3 is 6.03 Å². The SMILES string of the molecule is CC(C)CNC(=O)N1CCC(CO)C1. The van der Waals surface area contributed by atoms with E-state index in [0.29, 0.717) is 12.5 Å². The lowest BCUT2D eigenvalue weighted by Crippen LogP contribution is -2.40. The van der Waals surface area contributed by atoms with Crippen LogP contribution in [0.4, 0.5) is 4.79 Å². The molecule has 0 aromatic rings. The number of aliphatic hydroxyl groups is 1. The van der Waals surface area contributed by atoms with Crippen molar-refractivity contribution < 1.29 is 9.90 Å². The number of nitrogens with one attached hydrogen (secondary N) is 1. The van der Waals surface area contributed by atoms with Crippen molar-refractivity contribution in [1.29, 1.82) is 0 Å². The summed E-state index contributed by atoms with van der Waals surface area (Å²) in [5.74, 6) is 0.759. The summed E-state index contributed by atoms with van der Waals surface area (Å²) in [6.07, 6.45) is 0.922. The maximum atomic E-state index is 11.5. The van der Waals surface area contributed by atoms with Crippen LogP contribution in [0.15, 0.2) is 0 Å². The molecule has 4 nitrogen and oxygen atoms in total. The zero-order valence-corrected chi connectivity index (χ0v) is 8.99. The van der Waals surface area contributed by atoms with E-state index in [2.05, 4.69) is 19.2 Å². The Kier molecular flexibility index (Phi) is 4.20. The molecule has 2 N–H and O–H groups in total. The molecule has 0 aromatic heterocycles. The van der Waals surface area contributed by atoms with Gasteiger partial charge in [0.05, 0.1) is 0 Å². The number of aliphatic hydroxyl groups excluding tert-OH is 1. The van der Waals surface area contributed by atoms with Crippen LogP contribution >= 0.6 is 0 Å². The molecule has 82 valence electrons. The molecular weight excluding hydrogens is 180 g/mol. The van der Waals surface area contributed by atoms with Gasteiger partial charge in [0.2, 0.25) is 0 Å². The van der Waals surface area contributed by atoms with Gasteiger partial charge < -0.3 is 15.3 Å². The molecule has 0 radical (unpaired) electrons. The van der Waals surface area contributed by atoms with Gasteiger partial charge in [0.15, 0.2) is 0 Å². The van der Waals surface area contributed by atoms with Crippen molar-refractivity contribution in [3.05, 3.63) is 0 Å². The highest BCUT2D eigenvalue weighted by Gasteiger charge is 2.25. The van der Waals surface area contributed by atoms with E-state index >= 15 is 0 Å². The third kappa shape index (κ3) is 3.18. The zero-order chi connectivity index (χ0) is 10.6. The lowest BCUT2D eigenvalue weighted by atomic mass is 10.1. The fourth-order valence-electron chi connectivity index (χ4n) is 1.57. The molecule has 1 fully saturated rings. The van der Waals surface area contributed by atoms with Gasteiger partial charge in [-0.1, -0.05) is 13.8 Å². The smallest absolute Gasteiger partial charge is 0.317 e. The summed E-state index contributed by atoms with van der Waals surface area (Å²) >= 11 is 0. The van der Waals surface area contributed by atoms with Crippen molar-refractivity contribution in [3.63, 3.8) is 0 Å². The van der Waals surface area contributed by atoms with Crippen LogP contribution in [-0.4, -0.2) is 42.3 Å². The minimum absolute atomic E-state index is 0.00894. The van der Waals surface area contributed by atoms with Gasteiger partial charge in [-0.3, -0.25) is 0 Å². The average Bonchev–Trinajstić information content (AvgIpc) is 2.62. The van der Waals surface area contributed by atoms with Gasteiger partial charge in [0, 0.05) is 32.2 Å². The van der Waals surface area contributed by atoms with Gasteiger partial charge in [0.25, 0.3) is 0 Å². The first-order chi connectivity index (χ1) is 6.63. The van der Waals surface area contributed by atoms with Crippen LogP contribution in [0.25, 0.3) is 0 Å². The van der Waals surface area contributed by atoms with E-state index in [0.717, 1.165) is 19.5 Å². The van der Waals surface area contributed by atoms with Crippen molar-refractivity contribution in [1.82, 2.24) is 10.2 Å². The lowest BCUT2D eigenvalue weighted by molar-refractivity contribution is 0.197. The first-order valence-corrected chi connectivity index (χ1v) is 5.27. The van der Waals surface area contributed by atoms with Crippen LogP contribution in [0.1, 0.15) is 20.3 Å². The van der Waals surface area contributed by atoms with Crippen LogP contribution in [0.2, 0.25) is 0 Å². The number of carbonyl (C=O) groups is 1. The summed E-state index contributed by atoms with van der Waals surface area (Å²) in [6, 6.07) is 0.00894. The molecule has 0 aromatic carbocycles. The third-order valence-corrected chi connectivity index (χ3v) is 2.49. The van der Waals surface area contributed by atoms with Gasteiger partial charge in [0.1, 0.15) is 0 Å². The minimum Gasteiger partial charge on any atom is -0.396 e. The fourth-order valence-corrected chi connectivity index (χ4v) is 1.57. The standard InChI is InChI=1S/C10H20N2O2/c1-8(2)5-11-10(14)12-4-3-9(6-12)7-13/h8-9,13H,3-7H2,1-2H3,(H,11,14). The molecule has 0 aliphatic carbocycles. The quantitative estimate of drug-likeness (QED) is 0.703. The summed E-state index contributed by atoms with van der Waals surface area (Å²) in [5, 5.41) is 11.8. The van der Waals surface area contributed by atoms with Crippen molar-refractivity contribution >= 4 is 6.03 Å². The number of rotatable bonds is 3. The molecule has 1 atom stereocenters. The molecular formula is C10H20N2O2. The van der Waals surface area contributed by atoms with Gasteiger partial charge in [-0.2, -0.15) is 0 Å². The molecule has 0 bridgehead atoms. The minimum atomic E-state index is 0.00894. The topological polar surface area (TPSA) is 52.6 Å². The Balaban J connectivity index is 2.25. The van der Waals surface area contributed by atoms with Crippen LogP contribution in [0, 0.1) is 11.8 Å². The Morgan fingerprint density at radius 2 is 2.36 bits per heavy atom. The van der Waals surface area contributed by atoms with Crippen LogP contribution in [0.3, 0.4) is 0 Å². The number of hydrogen-bond acceptors (Lipinski definition) is 2. The number of likely N-dealkylation sites (tertiary alicyclic amines) is 1. The molecule has 1 rings (SSSR count). The molecule has 4 heteroatoms. The molecule has 1 heterocycles. The maximum Gasteiger partial charge on any atom is 0.317 e. The monoisotopic (exact) mass is 200 g/mol. The lowest BCUT2D eigenvalue weighted by Gasteiger charge is -2.17. The normalized spacial score (nSPS) is 21.7. The van der Waals surface area contributed by atoms with E-state index in [-0.39, 0.29) is 18.6 Å². The number of hydrogen-bond donors (Lipinski definition) is 2. The highest BCUT2D eigenvalue weighted by atomic mass is 16.3. The Morgan fingerprint density at radius 3 is 2.86 bits per heavy atom. The van der Waals surface area contributed by atoms with Crippen LogP contribution in [0.5, 0.6) is 0 Å². The molecule has 14 heavy (non-hydrogen) atoms. The Labute approximate surface area is 85.3 Å². The Bertz CT molecular complexity index is 195. The highest BCUT2D eigenvalue weighted by Crippen LogP contribution is 2.14. The average molecular weight is 200 g/mol. The Morgan fingerprint density at radius 1 is 1.64 bits per heavy atom. The van der Waals surface area contributed by atoms with Gasteiger partial charge in [-0.15, -0.1) is 0 Å². The summed E-state index contributed by atoms with van der Waals surface area (Å²) < 4.78 is 0. The van der Waals surface area contributed by atoms with Crippen molar-refractivity contribution in [2.45, 2.75) is 20.3 Å². The molecule has 1 aliphatic heterocycles. The first kappa shape index (κ1) is 11.3. The second-order valence-electron chi connectivity index (χ2n) is 4.36. The zero-order valence-electron chi connectivity index (χ0n) is 8.99. The fraction of sp³-hybridized carbons (Fsp3) is 0.900. The van der Waals surface area contributed by atoms with E-state index in [1.165, 1.54) is 0 Å². The molecule has 1 aliphatic rings. The number of urea groups is 1. The molecule has 1 saturated heterocycles. The molecule has 1 unspecified atom stereocenters. The van der Waals surface area contributed by atoms with Gasteiger partial charge in [-0.25, -0.2) is 4.79 Å². The third-order valence-electron chi connectivity index (χ3n) is 2.49. The van der Waals surface area contributed by atoms with Crippen molar-refractivity contribution in [2.75, 3.05) is 26.2 Å². The second kappa shape index (κ2) is 5.20. The highest BCUT2D eigenvalue weighted by molar-refractivity contribution is 5.74. The second-order valence-corrected chi connectivity index (χ2v) is 4.36. The van der Waals surface area contributed by atoms with E-state index in [1.54, 1.807) is 4.90 Å². The van der Waals surface area contributed by atoms with Crippen molar-refractivity contribution in [2.24, 2.45) is 11.8 Å². The predicted molar refractivity (Wildman–Crippen MR) is 55.0 cm³/mol. The van der Waals surface area contributed by atoms with E-state index < -0.39 is 0 Å². The number of nitrogens with zero attached hydrogens (tertiary/aromatic N) is 1. The van der Waals surface area contributed by atoms with Crippen LogP contribution in [-0.2, 0) is 0 Å². The predicted octanol–water partition coefficient (Wildman–Crippen LogP) is 0.666. The van der Waals surface area contributed by atoms with E-state index in [1.807, 2.05) is 0 Å².